The van der Waals surface area contributed by atoms with Crippen molar-refractivity contribution in [2.75, 3.05) is 19.6 Å². The van der Waals surface area contributed by atoms with E-state index in [1.807, 2.05) is 0 Å². The predicted octanol–water partition coefficient (Wildman–Crippen LogP) is 1.77. The molecule has 0 atom stereocenters. The molecule has 2 heteroatoms. The Bertz CT molecular complexity index is 52.3. The molecule has 0 unspecified atom stereocenters. The van der Waals surface area contributed by atoms with Gasteiger partial charge >= 0.3 is 23.1 Å². The Kier molecular flexibility index (Phi) is 13.9. The molecule has 0 saturated heterocycles. The van der Waals surface area contributed by atoms with Crippen LogP contribution in [0, 0.1) is 13.3 Å². The van der Waals surface area contributed by atoms with Gasteiger partial charge in [0.25, 0.3) is 0 Å². The molecule has 0 bridgehead atoms. The van der Waals surface area contributed by atoms with Gasteiger partial charge in [-0.2, -0.15) is 0 Å². The van der Waals surface area contributed by atoms with Gasteiger partial charge in [0.05, 0.1) is 0 Å². The smallest absolute Gasteiger partial charge is 0.333 e. The molecule has 11 heavy (non-hydrogen) atoms. The standard InChI is InChI=1S/C6H14N.C3H5.Mg/c1-4-7(5-2)6-3;1-2-3-1;/h1,4-6H2,2-3H3;1H,2-3H2;/q2*-1;+2. The first-order valence-electron chi connectivity index (χ1n) is 4.18. The van der Waals surface area contributed by atoms with Gasteiger partial charge in [0.1, 0.15) is 0 Å². The van der Waals surface area contributed by atoms with Crippen LogP contribution in [0.2, 0.25) is 0 Å². The molecule has 1 aliphatic rings. The summed E-state index contributed by atoms with van der Waals surface area (Å²) >= 11 is 0. The van der Waals surface area contributed by atoms with Crippen molar-refractivity contribution in [3.05, 3.63) is 13.3 Å². The summed E-state index contributed by atoms with van der Waals surface area (Å²) in [5, 5.41) is 0. The van der Waals surface area contributed by atoms with Crippen LogP contribution < -0.4 is 0 Å². The molecule has 1 fully saturated rings. The molecule has 62 valence electrons. The SMILES string of the molecule is [CH-]1CC1.[CH2-]CN(CC)CC.[Mg+2]. The van der Waals surface area contributed by atoms with Crippen molar-refractivity contribution in [3.8, 4) is 0 Å². The number of hydrogen-bond acceptors (Lipinski definition) is 1. The van der Waals surface area contributed by atoms with Crippen LogP contribution in [-0.2, 0) is 0 Å². The summed E-state index contributed by atoms with van der Waals surface area (Å²) in [5.74, 6) is 0. The van der Waals surface area contributed by atoms with Gasteiger partial charge in [0.2, 0.25) is 0 Å². The summed E-state index contributed by atoms with van der Waals surface area (Å²) in [7, 11) is 0. The molecule has 0 amide bonds. The van der Waals surface area contributed by atoms with Gasteiger partial charge in [0.15, 0.2) is 0 Å². The van der Waals surface area contributed by atoms with Crippen molar-refractivity contribution in [2.24, 2.45) is 0 Å². The van der Waals surface area contributed by atoms with Gasteiger partial charge in [-0.05, 0) is 13.1 Å². The molecular formula is C9H19MgN. The first-order chi connectivity index (χ1) is 4.85. The van der Waals surface area contributed by atoms with Gasteiger partial charge in [-0.1, -0.05) is 13.8 Å². The average Bonchev–Trinajstić information content (AvgIpc) is 2.76. The summed E-state index contributed by atoms with van der Waals surface area (Å²) in [6, 6.07) is 0. The van der Waals surface area contributed by atoms with Crippen LogP contribution >= 0.6 is 0 Å². The quantitative estimate of drug-likeness (QED) is 0.455. The zero-order valence-electron chi connectivity index (χ0n) is 7.97. The van der Waals surface area contributed by atoms with E-state index < -0.39 is 0 Å². The molecular weight excluding hydrogens is 146 g/mol. The van der Waals surface area contributed by atoms with Crippen LogP contribution in [0.5, 0.6) is 0 Å². The summed E-state index contributed by atoms with van der Waals surface area (Å²) in [4.78, 5) is 2.26. The average molecular weight is 166 g/mol. The monoisotopic (exact) mass is 165 g/mol. The topological polar surface area (TPSA) is 3.24 Å². The maximum Gasteiger partial charge on any atom is 2.00 e. The van der Waals surface area contributed by atoms with Crippen LogP contribution in [0.15, 0.2) is 0 Å². The Morgan fingerprint density at radius 2 is 1.64 bits per heavy atom. The Morgan fingerprint density at radius 1 is 1.27 bits per heavy atom. The Labute approximate surface area is 87.7 Å². The largest absolute Gasteiger partial charge is 2.00 e. The maximum atomic E-state index is 3.75. The predicted molar refractivity (Wildman–Crippen MR) is 52.4 cm³/mol. The van der Waals surface area contributed by atoms with E-state index in [1.165, 1.54) is 12.8 Å². The van der Waals surface area contributed by atoms with E-state index in [0.717, 1.165) is 19.6 Å². The van der Waals surface area contributed by atoms with Crippen molar-refractivity contribution < 1.29 is 0 Å². The molecule has 1 rings (SSSR count). The molecule has 0 aromatic heterocycles. The van der Waals surface area contributed by atoms with E-state index >= 15 is 0 Å². The summed E-state index contributed by atoms with van der Waals surface area (Å²) in [6.45, 7) is 11.2. The van der Waals surface area contributed by atoms with Gasteiger partial charge in [-0.15, -0.1) is 6.54 Å². The number of rotatable bonds is 3. The third-order valence-electron chi connectivity index (χ3n) is 1.50. The molecule has 1 nitrogen and oxygen atoms in total. The van der Waals surface area contributed by atoms with Crippen LogP contribution in [0.3, 0.4) is 0 Å². The first kappa shape index (κ1) is 14.3. The maximum absolute atomic E-state index is 3.75. The van der Waals surface area contributed by atoms with Gasteiger partial charge in [0, 0.05) is 0 Å². The Hall–Kier alpha value is 0.726. The fourth-order valence-corrected chi connectivity index (χ4v) is 0.540. The molecule has 0 radical (unpaired) electrons. The zero-order chi connectivity index (χ0) is 7.82. The minimum absolute atomic E-state index is 0. The van der Waals surface area contributed by atoms with Crippen LogP contribution in [0.1, 0.15) is 26.7 Å². The molecule has 0 spiro atoms. The third kappa shape index (κ3) is 13.7. The molecule has 0 heterocycles. The van der Waals surface area contributed by atoms with Crippen LogP contribution in [0.4, 0.5) is 0 Å². The van der Waals surface area contributed by atoms with E-state index in [0.29, 0.717) is 0 Å². The van der Waals surface area contributed by atoms with Crippen molar-refractivity contribution in [3.63, 3.8) is 0 Å². The van der Waals surface area contributed by atoms with Crippen molar-refractivity contribution >= 4 is 23.1 Å². The van der Waals surface area contributed by atoms with Crippen molar-refractivity contribution in [1.82, 2.24) is 4.90 Å². The second-order valence-electron chi connectivity index (χ2n) is 2.39. The molecule has 0 N–H and O–H groups in total. The Morgan fingerprint density at radius 3 is 1.64 bits per heavy atom. The minimum Gasteiger partial charge on any atom is -0.333 e. The fraction of sp³-hybridized carbons (Fsp3) is 0.778. The van der Waals surface area contributed by atoms with E-state index in [4.69, 9.17) is 0 Å². The van der Waals surface area contributed by atoms with Gasteiger partial charge < -0.3 is 18.2 Å². The van der Waals surface area contributed by atoms with Gasteiger partial charge in [-0.3, -0.25) is 0 Å². The first-order valence-corrected chi connectivity index (χ1v) is 4.18. The third-order valence-corrected chi connectivity index (χ3v) is 1.50. The van der Waals surface area contributed by atoms with Crippen molar-refractivity contribution in [1.29, 1.82) is 0 Å². The normalized spacial score (nSPS) is 13.1. The molecule has 1 aliphatic carbocycles. The second kappa shape index (κ2) is 10.7. The summed E-state index contributed by atoms with van der Waals surface area (Å²) in [6.07, 6.45) is 5.00. The van der Waals surface area contributed by atoms with E-state index in [-0.39, 0.29) is 23.1 Å². The molecule has 0 aliphatic heterocycles. The van der Waals surface area contributed by atoms with Crippen LogP contribution in [0.25, 0.3) is 0 Å². The number of hydrogen-bond donors (Lipinski definition) is 0. The zero-order valence-corrected chi connectivity index (χ0v) is 9.39. The molecule has 1 saturated carbocycles. The number of nitrogens with zero attached hydrogens (tertiary/aromatic N) is 1. The van der Waals surface area contributed by atoms with E-state index in [9.17, 15) is 0 Å². The van der Waals surface area contributed by atoms with E-state index in [1.54, 1.807) is 0 Å². The summed E-state index contributed by atoms with van der Waals surface area (Å²) in [5.41, 5.74) is 0. The van der Waals surface area contributed by atoms with Crippen molar-refractivity contribution in [2.45, 2.75) is 26.7 Å². The Balaban J connectivity index is 0. The minimum atomic E-state index is 0. The molecule has 0 aromatic rings. The summed E-state index contributed by atoms with van der Waals surface area (Å²) < 4.78 is 0. The fourth-order valence-electron chi connectivity index (χ4n) is 0.540. The molecule has 0 aromatic carbocycles. The second-order valence-corrected chi connectivity index (χ2v) is 2.39. The van der Waals surface area contributed by atoms with E-state index in [2.05, 4.69) is 32.1 Å². The van der Waals surface area contributed by atoms with Crippen LogP contribution in [-0.4, -0.2) is 47.6 Å². The van der Waals surface area contributed by atoms with Gasteiger partial charge in [-0.25, -0.2) is 12.8 Å².